The summed E-state index contributed by atoms with van der Waals surface area (Å²) in [7, 11) is 0. The van der Waals surface area contributed by atoms with Crippen LogP contribution in [0.15, 0.2) is 36.4 Å². The summed E-state index contributed by atoms with van der Waals surface area (Å²) in [6.07, 6.45) is 8.91. The second kappa shape index (κ2) is 7.53. The average molecular weight is 314 g/mol. The number of unbranched alkanes of at least 4 members (excludes halogenated alkanes) is 1. The van der Waals surface area contributed by atoms with Gasteiger partial charge in [-0.05, 0) is 55.4 Å². The molecule has 0 radical (unpaired) electrons. The second-order valence-corrected chi connectivity index (χ2v) is 6.52. The van der Waals surface area contributed by atoms with Gasteiger partial charge in [0, 0.05) is 18.8 Å². The van der Waals surface area contributed by atoms with Crippen molar-refractivity contribution in [3.05, 3.63) is 36.4 Å². The molecule has 0 saturated carbocycles. The summed E-state index contributed by atoms with van der Waals surface area (Å²) in [5.74, 6) is 2.13. The van der Waals surface area contributed by atoms with Crippen molar-refractivity contribution < 1.29 is 9.53 Å². The molecule has 1 aliphatic carbocycles. The summed E-state index contributed by atoms with van der Waals surface area (Å²) >= 11 is 0. The van der Waals surface area contributed by atoms with Gasteiger partial charge in [0.15, 0.2) is 0 Å². The third-order valence-electron chi connectivity index (χ3n) is 4.78. The van der Waals surface area contributed by atoms with Gasteiger partial charge in [0.05, 0.1) is 6.61 Å². The van der Waals surface area contributed by atoms with Gasteiger partial charge in [0.1, 0.15) is 5.75 Å². The van der Waals surface area contributed by atoms with Gasteiger partial charge in [-0.2, -0.15) is 0 Å². The Balaban J connectivity index is 1.50. The van der Waals surface area contributed by atoms with Gasteiger partial charge in [0.25, 0.3) is 0 Å². The van der Waals surface area contributed by atoms with E-state index in [-0.39, 0.29) is 6.03 Å². The maximum absolute atomic E-state index is 12.4. The molecule has 1 N–H and O–H groups in total. The lowest BCUT2D eigenvalue weighted by atomic mass is 9.86. The number of rotatable bonds is 5. The first-order chi connectivity index (χ1) is 11.3. The van der Waals surface area contributed by atoms with E-state index >= 15 is 0 Å². The quantitative estimate of drug-likeness (QED) is 0.650. The lowest BCUT2D eigenvalue weighted by Gasteiger charge is -2.17. The van der Waals surface area contributed by atoms with E-state index in [0.717, 1.165) is 56.8 Å². The molecule has 23 heavy (non-hydrogen) atoms. The number of allylic oxidation sites excluding steroid dienone is 2. The number of urea groups is 1. The fourth-order valence-electron chi connectivity index (χ4n) is 3.35. The van der Waals surface area contributed by atoms with Gasteiger partial charge in [-0.1, -0.05) is 25.5 Å². The summed E-state index contributed by atoms with van der Waals surface area (Å²) in [5.41, 5.74) is 0.825. The summed E-state index contributed by atoms with van der Waals surface area (Å²) in [4.78, 5) is 14.4. The number of amides is 2. The molecule has 2 amide bonds. The van der Waals surface area contributed by atoms with Crippen LogP contribution in [0.1, 0.15) is 32.6 Å². The van der Waals surface area contributed by atoms with Crippen LogP contribution in [0, 0.1) is 11.8 Å². The van der Waals surface area contributed by atoms with E-state index in [2.05, 4.69) is 24.4 Å². The number of nitrogens with zero attached hydrogens (tertiary/aromatic N) is 1. The molecule has 3 rings (SSSR count). The minimum Gasteiger partial charge on any atom is -0.494 e. The zero-order valence-corrected chi connectivity index (χ0v) is 13.8. The molecule has 1 aromatic carbocycles. The zero-order chi connectivity index (χ0) is 16.1. The minimum atomic E-state index is 0.0130. The Kier molecular flexibility index (Phi) is 5.21. The monoisotopic (exact) mass is 314 g/mol. The molecule has 4 heteroatoms. The number of likely N-dealkylation sites (tertiary alicyclic amines) is 1. The van der Waals surface area contributed by atoms with Crippen LogP contribution in [0.4, 0.5) is 10.5 Å². The Morgan fingerprint density at radius 3 is 2.43 bits per heavy atom. The van der Waals surface area contributed by atoms with Crippen molar-refractivity contribution >= 4 is 11.7 Å². The molecular formula is C19H26N2O2. The van der Waals surface area contributed by atoms with Crippen molar-refractivity contribution in [1.82, 2.24) is 4.90 Å². The van der Waals surface area contributed by atoms with E-state index in [4.69, 9.17) is 4.74 Å². The molecule has 0 spiro atoms. The highest BCUT2D eigenvalue weighted by Gasteiger charge is 2.35. The first-order valence-electron chi connectivity index (χ1n) is 8.70. The summed E-state index contributed by atoms with van der Waals surface area (Å²) < 4.78 is 5.64. The molecule has 2 aliphatic rings. The van der Waals surface area contributed by atoms with Gasteiger partial charge in [-0.25, -0.2) is 4.79 Å². The largest absolute Gasteiger partial charge is 0.494 e. The molecule has 4 nitrogen and oxygen atoms in total. The average Bonchev–Trinajstić information content (AvgIpc) is 3.01. The maximum Gasteiger partial charge on any atom is 0.321 e. The Bertz CT molecular complexity index is 537. The van der Waals surface area contributed by atoms with Gasteiger partial charge < -0.3 is 15.0 Å². The fraction of sp³-hybridized carbons (Fsp3) is 0.526. The van der Waals surface area contributed by atoms with Gasteiger partial charge in [0.2, 0.25) is 0 Å². The van der Waals surface area contributed by atoms with E-state index in [9.17, 15) is 4.79 Å². The molecule has 2 atom stereocenters. The van der Waals surface area contributed by atoms with E-state index in [1.807, 2.05) is 29.2 Å². The highest BCUT2D eigenvalue weighted by Crippen LogP contribution is 2.33. The number of hydrogen-bond donors (Lipinski definition) is 1. The Labute approximate surface area is 138 Å². The van der Waals surface area contributed by atoms with E-state index in [0.29, 0.717) is 11.8 Å². The van der Waals surface area contributed by atoms with Crippen LogP contribution in [-0.4, -0.2) is 30.6 Å². The molecule has 1 aliphatic heterocycles. The Hall–Kier alpha value is -1.97. The topological polar surface area (TPSA) is 41.6 Å². The van der Waals surface area contributed by atoms with Gasteiger partial charge in [-0.15, -0.1) is 0 Å². The number of nitrogens with one attached hydrogen (secondary N) is 1. The third kappa shape index (κ3) is 4.06. The standard InChI is InChI=1S/C19H26N2O2/c1-2-3-12-23-18-10-8-17(9-11-18)20-19(22)21-13-15-6-4-5-7-16(15)14-21/h4-5,8-11,15-16H,2-3,6-7,12-14H2,1H3,(H,20,22). The maximum atomic E-state index is 12.4. The normalized spacial score (nSPS) is 22.7. The molecule has 1 heterocycles. The molecule has 2 unspecified atom stereocenters. The Morgan fingerprint density at radius 1 is 1.17 bits per heavy atom. The molecule has 0 aromatic heterocycles. The number of ether oxygens (including phenoxy) is 1. The molecule has 0 bridgehead atoms. The van der Waals surface area contributed by atoms with Gasteiger partial charge >= 0.3 is 6.03 Å². The summed E-state index contributed by atoms with van der Waals surface area (Å²) in [6.45, 7) is 4.64. The summed E-state index contributed by atoms with van der Waals surface area (Å²) in [5, 5.41) is 3.00. The van der Waals surface area contributed by atoms with Crippen molar-refractivity contribution in [1.29, 1.82) is 0 Å². The number of anilines is 1. The van der Waals surface area contributed by atoms with Gasteiger partial charge in [-0.3, -0.25) is 0 Å². The number of fused-ring (bicyclic) bond motifs is 1. The third-order valence-corrected chi connectivity index (χ3v) is 4.78. The lowest BCUT2D eigenvalue weighted by molar-refractivity contribution is 0.220. The zero-order valence-electron chi connectivity index (χ0n) is 13.8. The number of carbonyl (C=O) groups excluding carboxylic acids is 1. The van der Waals surface area contributed by atoms with Crippen molar-refractivity contribution in [3.8, 4) is 5.75 Å². The first-order valence-corrected chi connectivity index (χ1v) is 8.70. The van der Waals surface area contributed by atoms with E-state index in [1.54, 1.807) is 0 Å². The molecule has 124 valence electrons. The second-order valence-electron chi connectivity index (χ2n) is 6.52. The van der Waals surface area contributed by atoms with Crippen molar-refractivity contribution in [3.63, 3.8) is 0 Å². The fourth-order valence-corrected chi connectivity index (χ4v) is 3.35. The van der Waals surface area contributed by atoms with E-state index < -0.39 is 0 Å². The van der Waals surface area contributed by atoms with Crippen LogP contribution in [0.2, 0.25) is 0 Å². The lowest BCUT2D eigenvalue weighted by Crippen LogP contribution is -2.33. The number of benzene rings is 1. The number of hydrogen-bond acceptors (Lipinski definition) is 2. The minimum absolute atomic E-state index is 0.0130. The smallest absolute Gasteiger partial charge is 0.321 e. The highest BCUT2D eigenvalue weighted by molar-refractivity contribution is 5.89. The predicted molar refractivity (Wildman–Crippen MR) is 92.8 cm³/mol. The van der Waals surface area contributed by atoms with Crippen LogP contribution in [-0.2, 0) is 0 Å². The van der Waals surface area contributed by atoms with Crippen molar-refractivity contribution in [2.75, 3.05) is 25.0 Å². The summed E-state index contributed by atoms with van der Waals surface area (Å²) in [6, 6.07) is 7.66. The predicted octanol–water partition coefficient (Wildman–Crippen LogP) is 4.30. The van der Waals surface area contributed by atoms with Crippen LogP contribution < -0.4 is 10.1 Å². The van der Waals surface area contributed by atoms with Crippen LogP contribution in [0.25, 0.3) is 0 Å². The molecular weight excluding hydrogens is 288 g/mol. The van der Waals surface area contributed by atoms with Crippen molar-refractivity contribution in [2.45, 2.75) is 32.6 Å². The Morgan fingerprint density at radius 2 is 1.83 bits per heavy atom. The van der Waals surface area contributed by atoms with Crippen LogP contribution in [0.5, 0.6) is 5.75 Å². The molecule has 1 fully saturated rings. The molecule has 1 saturated heterocycles. The molecule has 1 aromatic rings. The van der Waals surface area contributed by atoms with Crippen molar-refractivity contribution in [2.24, 2.45) is 11.8 Å². The SMILES string of the molecule is CCCCOc1ccc(NC(=O)N2CC3CC=CCC3C2)cc1. The first kappa shape index (κ1) is 15.9. The van der Waals surface area contributed by atoms with E-state index in [1.165, 1.54) is 0 Å². The number of carbonyl (C=O) groups is 1. The highest BCUT2D eigenvalue weighted by atomic mass is 16.5. The van der Waals surface area contributed by atoms with Crippen LogP contribution >= 0.6 is 0 Å². The van der Waals surface area contributed by atoms with Crippen LogP contribution in [0.3, 0.4) is 0 Å².